The molecule has 282 valence electrons. The molecule has 7 nitrogen and oxygen atoms in total. The Morgan fingerprint density at radius 3 is 2.47 bits per heavy atom. The van der Waals surface area contributed by atoms with Gasteiger partial charge in [0.15, 0.2) is 0 Å². The standard InChI is InChI=1S/C43H65N3O4S/c1-29(2)11-8-12-30(3)36-19-20-37-35-18-17-31-27-32(21-23-42(31,4)38(35)22-24-43(36,37)5)50-41(47)28-44-25-26-45-51(48,49)40-16-10-13-33-34(40)14-9-15-39(33)46(6)7/h9-10,13-17,29-30,32,35-38,44-45H,8,11-12,18-28H2,1-7H3/t30-,32+,35+,36-,37+,38+,42+,43-/m1/s1. The van der Waals surface area contributed by atoms with Crippen LogP contribution in [0, 0.1) is 46.3 Å². The summed E-state index contributed by atoms with van der Waals surface area (Å²) >= 11 is 0. The number of rotatable bonds is 14. The average molecular weight is 720 g/mol. The van der Waals surface area contributed by atoms with E-state index in [0.717, 1.165) is 65.8 Å². The molecule has 0 saturated heterocycles. The van der Waals surface area contributed by atoms with Crippen molar-refractivity contribution in [3.05, 3.63) is 48.0 Å². The first-order valence-electron chi connectivity index (χ1n) is 20.0. The van der Waals surface area contributed by atoms with Crippen LogP contribution >= 0.6 is 0 Å². The lowest BCUT2D eigenvalue weighted by Crippen LogP contribution is -2.51. The Kier molecular flexibility index (Phi) is 11.7. The van der Waals surface area contributed by atoms with Crippen molar-refractivity contribution in [3.63, 3.8) is 0 Å². The maximum atomic E-state index is 13.2. The number of allylic oxidation sites excluding steroid dienone is 1. The smallest absolute Gasteiger partial charge is 0.320 e. The molecule has 0 amide bonds. The highest BCUT2D eigenvalue weighted by molar-refractivity contribution is 7.89. The van der Waals surface area contributed by atoms with Crippen molar-refractivity contribution in [1.82, 2.24) is 10.0 Å². The zero-order valence-electron chi connectivity index (χ0n) is 32.5. The molecule has 0 heterocycles. The van der Waals surface area contributed by atoms with Gasteiger partial charge in [-0.15, -0.1) is 0 Å². The molecule has 51 heavy (non-hydrogen) atoms. The molecule has 0 aliphatic heterocycles. The molecule has 2 aromatic carbocycles. The Morgan fingerprint density at radius 2 is 1.71 bits per heavy atom. The number of carbonyl (C=O) groups is 1. The molecule has 6 rings (SSSR count). The average Bonchev–Trinajstić information content (AvgIpc) is 3.44. The minimum Gasteiger partial charge on any atom is -0.461 e. The van der Waals surface area contributed by atoms with Gasteiger partial charge in [0.2, 0.25) is 10.0 Å². The van der Waals surface area contributed by atoms with Gasteiger partial charge in [-0.1, -0.05) is 89.8 Å². The van der Waals surface area contributed by atoms with Gasteiger partial charge in [0.05, 0.1) is 11.4 Å². The van der Waals surface area contributed by atoms with Crippen molar-refractivity contribution in [2.75, 3.05) is 38.6 Å². The van der Waals surface area contributed by atoms with E-state index in [9.17, 15) is 13.2 Å². The predicted octanol–water partition coefficient (Wildman–Crippen LogP) is 8.73. The monoisotopic (exact) mass is 719 g/mol. The van der Waals surface area contributed by atoms with Gasteiger partial charge < -0.3 is 15.0 Å². The van der Waals surface area contributed by atoms with Gasteiger partial charge in [-0.05, 0) is 103 Å². The van der Waals surface area contributed by atoms with Crippen molar-refractivity contribution in [3.8, 4) is 0 Å². The molecule has 8 heteroatoms. The minimum absolute atomic E-state index is 0.0665. The van der Waals surface area contributed by atoms with Crippen molar-refractivity contribution in [1.29, 1.82) is 0 Å². The summed E-state index contributed by atoms with van der Waals surface area (Å²) in [7, 11) is 0.165. The van der Waals surface area contributed by atoms with E-state index >= 15 is 0 Å². The number of ether oxygens (including phenoxy) is 1. The Hall–Kier alpha value is -2.42. The highest BCUT2D eigenvalue weighted by Crippen LogP contribution is 2.67. The van der Waals surface area contributed by atoms with Crippen LogP contribution in [0.1, 0.15) is 105 Å². The van der Waals surface area contributed by atoms with Crippen LogP contribution in [0.2, 0.25) is 0 Å². The molecule has 3 saturated carbocycles. The second-order valence-corrected chi connectivity index (χ2v) is 19.5. The van der Waals surface area contributed by atoms with Gasteiger partial charge >= 0.3 is 5.97 Å². The van der Waals surface area contributed by atoms with E-state index in [4.69, 9.17) is 4.74 Å². The minimum atomic E-state index is -3.73. The Bertz CT molecular complexity index is 1690. The van der Waals surface area contributed by atoms with Crippen molar-refractivity contribution in [2.24, 2.45) is 46.3 Å². The molecule has 0 aromatic heterocycles. The number of anilines is 1. The van der Waals surface area contributed by atoms with Gasteiger partial charge in [0, 0.05) is 50.1 Å². The third-order valence-electron chi connectivity index (χ3n) is 14.1. The van der Waals surface area contributed by atoms with Gasteiger partial charge in [-0.3, -0.25) is 4.79 Å². The lowest BCUT2D eigenvalue weighted by atomic mass is 9.47. The molecule has 2 N–H and O–H groups in total. The summed E-state index contributed by atoms with van der Waals surface area (Å²) in [5.74, 6) is 4.63. The summed E-state index contributed by atoms with van der Waals surface area (Å²) < 4.78 is 35.2. The van der Waals surface area contributed by atoms with Crippen LogP contribution in [0.25, 0.3) is 10.8 Å². The van der Waals surface area contributed by atoms with E-state index in [2.05, 4.69) is 50.7 Å². The highest BCUT2D eigenvalue weighted by atomic mass is 32.2. The molecule has 3 fully saturated rings. The number of hydrogen-bond donors (Lipinski definition) is 2. The van der Waals surface area contributed by atoms with Crippen LogP contribution < -0.4 is 14.9 Å². The van der Waals surface area contributed by atoms with Crippen LogP contribution in [0.15, 0.2) is 52.9 Å². The Labute approximate surface area is 308 Å². The first kappa shape index (κ1) is 38.3. The number of nitrogens with one attached hydrogen (secondary N) is 2. The quantitative estimate of drug-likeness (QED) is 0.115. The molecule has 4 aliphatic rings. The third kappa shape index (κ3) is 7.80. The third-order valence-corrected chi connectivity index (χ3v) is 15.6. The summed E-state index contributed by atoms with van der Waals surface area (Å²) in [5, 5.41) is 4.67. The van der Waals surface area contributed by atoms with E-state index in [1.807, 2.05) is 43.3 Å². The van der Waals surface area contributed by atoms with Crippen LogP contribution in [0.4, 0.5) is 5.69 Å². The Balaban J connectivity index is 0.974. The van der Waals surface area contributed by atoms with Gasteiger partial charge in [-0.2, -0.15) is 0 Å². The lowest BCUT2D eigenvalue weighted by molar-refractivity contribution is -0.150. The fourth-order valence-corrected chi connectivity index (χ4v) is 12.7. The first-order chi connectivity index (χ1) is 24.2. The lowest BCUT2D eigenvalue weighted by Gasteiger charge is -2.58. The Morgan fingerprint density at radius 1 is 0.941 bits per heavy atom. The molecule has 2 aromatic rings. The van der Waals surface area contributed by atoms with Crippen molar-refractivity contribution >= 4 is 32.5 Å². The SMILES string of the molecule is CC(C)CCC[C@@H](C)[C@H]1CC[C@H]2[C@@H]3CC=C4C[C@@H](OC(=O)CNCCNS(=O)(=O)c5cccc6c(N(C)C)cccc56)CC[C@]4(C)[C@H]3CC[C@]12C. The zero-order valence-corrected chi connectivity index (χ0v) is 33.3. The molecule has 8 atom stereocenters. The van der Waals surface area contributed by atoms with E-state index < -0.39 is 10.0 Å². The number of fused-ring (bicyclic) bond motifs is 6. The largest absolute Gasteiger partial charge is 0.461 e. The molecule has 0 bridgehead atoms. The second-order valence-electron chi connectivity index (χ2n) is 17.7. The predicted molar refractivity (Wildman–Crippen MR) is 209 cm³/mol. The zero-order chi connectivity index (χ0) is 36.6. The molecule has 0 unspecified atom stereocenters. The molecule has 4 aliphatic carbocycles. The van der Waals surface area contributed by atoms with E-state index in [1.165, 1.54) is 56.9 Å². The molecular formula is C43H65N3O4S. The fourth-order valence-electron chi connectivity index (χ4n) is 11.4. The number of sulfonamides is 1. The summed E-state index contributed by atoms with van der Waals surface area (Å²) in [5.41, 5.74) is 3.21. The van der Waals surface area contributed by atoms with Crippen LogP contribution in [0.5, 0.6) is 0 Å². The van der Waals surface area contributed by atoms with Gasteiger partial charge in [-0.25, -0.2) is 13.1 Å². The van der Waals surface area contributed by atoms with E-state index in [-0.39, 0.29) is 35.5 Å². The molecule has 0 spiro atoms. The summed E-state index contributed by atoms with van der Waals surface area (Å²) in [6.07, 6.45) is 16.2. The van der Waals surface area contributed by atoms with E-state index in [1.54, 1.807) is 12.1 Å². The van der Waals surface area contributed by atoms with Crippen LogP contribution in [-0.2, 0) is 19.6 Å². The summed E-state index contributed by atoms with van der Waals surface area (Å²) in [6, 6.07) is 11.1. The van der Waals surface area contributed by atoms with E-state index in [0.29, 0.717) is 17.3 Å². The number of esters is 1. The summed E-state index contributed by atoms with van der Waals surface area (Å²) in [4.78, 5) is 15.1. The van der Waals surface area contributed by atoms with Gasteiger partial charge in [0.25, 0.3) is 0 Å². The maximum absolute atomic E-state index is 13.2. The van der Waals surface area contributed by atoms with Crippen LogP contribution in [0.3, 0.4) is 0 Å². The fraction of sp³-hybridized carbons (Fsp3) is 0.698. The maximum Gasteiger partial charge on any atom is 0.320 e. The van der Waals surface area contributed by atoms with Gasteiger partial charge in [0.1, 0.15) is 6.10 Å². The number of carbonyl (C=O) groups excluding carboxylic acids is 1. The molecular weight excluding hydrogens is 655 g/mol. The number of benzene rings is 2. The first-order valence-corrected chi connectivity index (χ1v) is 21.5. The summed E-state index contributed by atoms with van der Waals surface area (Å²) in [6.45, 7) is 13.0. The number of hydrogen-bond acceptors (Lipinski definition) is 6. The van der Waals surface area contributed by atoms with Crippen LogP contribution in [-0.4, -0.2) is 54.2 Å². The van der Waals surface area contributed by atoms with Crippen molar-refractivity contribution in [2.45, 2.75) is 116 Å². The number of nitrogens with zero attached hydrogens (tertiary/aromatic N) is 1. The highest BCUT2D eigenvalue weighted by Gasteiger charge is 2.59. The topological polar surface area (TPSA) is 87.7 Å². The molecule has 0 radical (unpaired) electrons. The van der Waals surface area contributed by atoms with Crippen molar-refractivity contribution < 1.29 is 17.9 Å². The second kappa shape index (κ2) is 15.5. The normalized spacial score (nSPS) is 31.1.